The van der Waals surface area contributed by atoms with Crippen LogP contribution in [0.3, 0.4) is 0 Å². The number of aliphatic hydroxyl groups excluding tert-OH is 1. The van der Waals surface area contributed by atoms with E-state index >= 15 is 0 Å². The van der Waals surface area contributed by atoms with Gasteiger partial charge in [-0.3, -0.25) is 4.79 Å². The first kappa shape index (κ1) is 12.8. The Bertz CT molecular complexity index is 384. The number of nitrogens with two attached hydrogens (primary N) is 2. The first-order valence-electron chi connectivity index (χ1n) is 4.87. The molecular weight excluding hydrogens is 226 g/mol. The number of thioether (sulfide) groups is 1. The second-order valence-electron chi connectivity index (χ2n) is 3.41. The SMILES string of the molecule is CC(CCO)Sc1cc(C(N)=O)c(N)cn1. The predicted octanol–water partition coefficient (Wildman–Crippen LogP) is 0.626. The molecule has 0 saturated heterocycles. The van der Waals surface area contributed by atoms with Crippen molar-refractivity contribution in [3.05, 3.63) is 17.8 Å². The lowest BCUT2D eigenvalue weighted by atomic mass is 10.2. The number of carbonyl (C=O) groups excluding carboxylic acids is 1. The number of hydrogen-bond acceptors (Lipinski definition) is 5. The normalized spacial score (nSPS) is 12.4. The number of amides is 1. The van der Waals surface area contributed by atoms with Crippen LogP contribution in [0.15, 0.2) is 17.3 Å². The lowest BCUT2D eigenvalue weighted by Gasteiger charge is -2.09. The molecule has 0 spiro atoms. The summed E-state index contributed by atoms with van der Waals surface area (Å²) in [6.07, 6.45) is 2.09. The van der Waals surface area contributed by atoms with Crippen molar-refractivity contribution in [2.24, 2.45) is 5.73 Å². The monoisotopic (exact) mass is 241 g/mol. The average molecular weight is 241 g/mol. The highest BCUT2D eigenvalue weighted by atomic mass is 32.2. The van der Waals surface area contributed by atoms with Crippen LogP contribution in [-0.2, 0) is 0 Å². The van der Waals surface area contributed by atoms with E-state index < -0.39 is 5.91 Å². The molecule has 0 aliphatic carbocycles. The Hall–Kier alpha value is -1.27. The van der Waals surface area contributed by atoms with Gasteiger partial charge >= 0.3 is 0 Å². The van der Waals surface area contributed by atoms with Gasteiger partial charge in [-0.1, -0.05) is 6.92 Å². The lowest BCUT2D eigenvalue weighted by Crippen LogP contribution is -2.14. The van der Waals surface area contributed by atoms with Gasteiger partial charge in [-0.2, -0.15) is 0 Å². The fraction of sp³-hybridized carbons (Fsp3) is 0.400. The van der Waals surface area contributed by atoms with Crippen molar-refractivity contribution in [3.63, 3.8) is 0 Å². The van der Waals surface area contributed by atoms with E-state index in [2.05, 4.69) is 4.98 Å². The number of nitrogens with zero attached hydrogens (tertiary/aromatic N) is 1. The molecule has 0 bridgehead atoms. The molecule has 5 nitrogen and oxygen atoms in total. The number of hydrogen-bond donors (Lipinski definition) is 3. The number of anilines is 1. The van der Waals surface area contributed by atoms with E-state index in [1.807, 2.05) is 6.92 Å². The Morgan fingerprint density at radius 2 is 2.38 bits per heavy atom. The van der Waals surface area contributed by atoms with Crippen LogP contribution in [-0.4, -0.2) is 27.9 Å². The minimum Gasteiger partial charge on any atom is -0.397 e. The molecular formula is C10H15N3O2S. The minimum absolute atomic E-state index is 0.131. The maximum absolute atomic E-state index is 11.1. The smallest absolute Gasteiger partial charge is 0.250 e. The minimum atomic E-state index is -0.559. The maximum Gasteiger partial charge on any atom is 0.250 e. The third-order valence-corrected chi connectivity index (χ3v) is 3.14. The van der Waals surface area contributed by atoms with E-state index in [-0.39, 0.29) is 23.1 Å². The molecule has 6 heteroatoms. The summed E-state index contributed by atoms with van der Waals surface area (Å²) < 4.78 is 0. The van der Waals surface area contributed by atoms with Gasteiger partial charge in [0.25, 0.3) is 5.91 Å². The van der Waals surface area contributed by atoms with Gasteiger partial charge in [0.05, 0.1) is 22.5 Å². The van der Waals surface area contributed by atoms with Crippen LogP contribution in [0.2, 0.25) is 0 Å². The van der Waals surface area contributed by atoms with Crippen LogP contribution in [0, 0.1) is 0 Å². The first-order chi connectivity index (χ1) is 7.54. The van der Waals surface area contributed by atoms with E-state index in [0.717, 1.165) is 0 Å². The van der Waals surface area contributed by atoms with E-state index in [0.29, 0.717) is 11.4 Å². The Balaban J connectivity index is 2.82. The molecule has 1 atom stereocenters. The van der Waals surface area contributed by atoms with E-state index in [1.165, 1.54) is 18.0 Å². The summed E-state index contributed by atoms with van der Waals surface area (Å²) in [5.41, 5.74) is 11.3. The summed E-state index contributed by atoms with van der Waals surface area (Å²) in [6.45, 7) is 2.11. The zero-order valence-electron chi connectivity index (χ0n) is 9.01. The van der Waals surface area contributed by atoms with E-state index in [1.54, 1.807) is 6.07 Å². The predicted molar refractivity (Wildman–Crippen MR) is 64.2 cm³/mol. The summed E-state index contributed by atoms with van der Waals surface area (Å²) in [5.74, 6) is -0.559. The standard InChI is InChI=1S/C10H15N3O2S/c1-6(2-3-14)16-9-4-7(10(12)15)8(11)5-13-9/h4-6,14H,2-3,11H2,1H3,(H2,12,15). The number of nitrogen functional groups attached to an aromatic ring is 1. The van der Waals surface area contributed by atoms with Gasteiger partial charge < -0.3 is 16.6 Å². The van der Waals surface area contributed by atoms with Crippen molar-refractivity contribution in [2.45, 2.75) is 23.6 Å². The third-order valence-electron chi connectivity index (χ3n) is 2.03. The number of aromatic nitrogens is 1. The van der Waals surface area contributed by atoms with Crippen LogP contribution in [0.4, 0.5) is 5.69 Å². The number of rotatable bonds is 5. The zero-order chi connectivity index (χ0) is 12.1. The Kier molecular flexibility index (Phi) is 4.57. The number of aliphatic hydroxyl groups is 1. The highest BCUT2D eigenvalue weighted by Gasteiger charge is 2.10. The summed E-state index contributed by atoms with van der Waals surface area (Å²) in [5, 5.41) is 9.68. The lowest BCUT2D eigenvalue weighted by molar-refractivity contribution is 0.100. The van der Waals surface area contributed by atoms with Gasteiger partial charge in [0.1, 0.15) is 0 Å². The molecule has 88 valence electrons. The highest BCUT2D eigenvalue weighted by molar-refractivity contribution is 7.99. The van der Waals surface area contributed by atoms with Crippen LogP contribution < -0.4 is 11.5 Å². The highest BCUT2D eigenvalue weighted by Crippen LogP contribution is 2.25. The van der Waals surface area contributed by atoms with Gasteiger partial charge in [-0.15, -0.1) is 11.8 Å². The summed E-state index contributed by atoms with van der Waals surface area (Å²) in [4.78, 5) is 15.1. The van der Waals surface area contributed by atoms with Gasteiger partial charge in [-0.05, 0) is 12.5 Å². The first-order valence-corrected chi connectivity index (χ1v) is 5.75. The number of primary amides is 1. The van der Waals surface area contributed by atoms with Gasteiger partial charge in [-0.25, -0.2) is 4.98 Å². The molecule has 1 unspecified atom stereocenters. The van der Waals surface area contributed by atoms with Crippen LogP contribution >= 0.6 is 11.8 Å². The molecule has 0 fully saturated rings. The maximum atomic E-state index is 11.1. The molecule has 5 N–H and O–H groups in total. The number of carbonyl (C=O) groups is 1. The van der Waals surface area contributed by atoms with Crippen molar-refractivity contribution >= 4 is 23.4 Å². The Morgan fingerprint density at radius 1 is 1.69 bits per heavy atom. The van der Waals surface area contributed by atoms with Crippen molar-refractivity contribution in [3.8, 4) is 0 Å². The Labute approximate surface area is 98.2 Å². The zero-order valence-corrected chi connectivity index (χ0v) is 9.83. The fourth-order valence-corrected chi connectivity index (χ4v) is 2.11. The van der Waals surface area contributed by atoms with Crippen LogP contribution in [0.1, 0.15) is 23.7 Å². The topological polar surface area (TPSA) is 102 Å². The van der Waals surface area contributed by atoms with Crippen LogP contribution in [0.25, 0.3) is 0 Å². The molecule has 0 radical (unpaired) electrons. The molecule has 1 aromatic rings. The van der Waals surface area contributed by atoms with Crippen molar-refractivity contribution in [2.75, 3.05) is 12.3 Å². The van der Waals surface area contributed by atoms with Gasteiger partial charge in [0.15, 0.2) is 0 Å². The molecule has 0 saturated carbocycles. The average Bonchev–Trinajstić information content (AvgIpc) is 2.21. The van der Waals surface area contributed by atoms with Crippen molar-refractivity contribution in [1.29, 1.82) is 0 Å². The van der Waals surface area contributed by atoms with Gasteiger partial charge in [0, 0.05) is 11.9 Å². The van der Waals surface area contributed by atoms with Crippen molar-refractivity contribution < 1.29 is 9.90 Å². The molecule has 1 rings (SSSR count). The summed E-state index contributed by atoms with van der Waals surface area (Å²) in [6, 6.07) is 1.58. The van der Waals surface area contributed by atoms with E-state index in [9.17, 15) is 4.79 Å². The molecule has 1 heterocycles. The second kappa shape index (κ2) is 5.72. The molecule has 0 aromatic carbocycles. The molecule has 16 heavy (non-hydrogen) atoms. The molecule has 1 aromatic heterocycles. The Morgan fingerprint density at radius 3 is 2.94 bits per heavy atom. The second-order valence-corrected chi connectivity index (χ2v) is 4.87. The molecule has 0 aliphatic rings. The van der Waals surface area contributed by atoms with Gasteiger partial charge in [0.2, 0.25) is 0 Å². The third kappa shape index (κ3) is 3.39. The van der Waals surface area contributed by atoms with E-state index in [4.69, 9.17) is 16.6 Å². The summed E-state index contributed by atoms with van der Waals surface area (Å²) in [7, 11) is 0. The van der Waals surface area contributed by atoms with Crippen LogP contribution in [0.5, 0.6) is 0 Å². The van der Waals surface area contributed by atoms with Crippen molar-refractivity contribution in [1.82, 2.24) is 4.98 Å². The number of pyridine rings is 1. The fourth-order valence-electron chi connectivity index (χ4n) is 1.17. The molecule has 1 amide bonds. The molecule has 0 aliphatic heterocycles. The largest absolute Gasteiger partial charge is 0.397 e. The quantitative estimate of drug-likeness (QED) is 0.656. The summed E-state index contributed by atoms with van der Waals surface area (Å²) >= 11 is 1.47.